The van der Waals surface area contributed by atoms with Gasteiger partial charge in [-0.25, -0.2) is 0 Å². The molecule has 0 spiro atoms. The first-order chi connectivity index (χ1) is 6.93. The van der Waals surface area contributed by atoms with E-state index in [0.717, 1.165) is 32.8 Å². The van der Waals surface area contributed by atoms with Gasteiger partial charge in [0.1, 0.15) is 0 Å². The molecule has 0 aliphatic heterocycles. The average Bonchev–Trinajstić information content (AvgIpc) is 2.69. The van der Waals surface area contributed by atoms with E-state index in [2.05, 4.69) is 27.5 Å². The fraction of sp³-hybridized carbons (Fsp3) is 0.600. The van der Waals surface area contributed by atoms with E-state index >= 15 is 0 Å². The Balaban J connectivity index is 1.85. The van der Waals surface area contributed by atoms with Crippen LogP contribution >= 0.6 is 11.3 Å². The van der Waals surface area contributed by atoms with E-state index in [1.165, 1.54) is 5.56 Å². The summed E-state index contributed by atoms with van der Waals surface area (Å²) in [4.78, 5) is 0. The van der Waals surface area contributed by atoms with Crippen molar-refractivity contribution in [3.63, 3.8) is 0 Å². The largest absolute Gasteiger partial charge is 0.383 e. The smallest absolute Gasteiger partial charge is 0.0587 e. The summed E-state index contributed by atoms with van der Waals surface area (Å²) >= 11 is 1.74. The molecule has 1 heterocycles. The monoisotopic (exact) mass is 214 g/mol. The maximum atomic E-state index is 4.93. The molecule has 0 saturated carbocycles. The summed E-state index contributed by atoms with van der Waals surface area (Å²) in [7, 11) is 1.72. The van der Waals surface area contributed by atoms with Gasteiger partial charge in [0.2, 0.25) is 0 Å². The Morgan fingerprint density at radius 1 is 1.29 bits per heavy atom. The van der Waals surface area contributed by atoms with Crippen molar-refractivity contribution in [3.8, 4) is 0 Å². The molecule has 0 aliphatic rings. The lowest BCUT2D eigenvalue weighted by molar-refractivity contribution is 0.199. The van der Waals surface area contributed by atoms with Crippen LogP contribution in [0.25, 0.3) is 0 Å². The summed E-state index contributed by atoms with van der Waals surface area (Å²) in [6, 6.07) is 2.15. The van der Waals surface area contributed by atoms with Gasteiger partial charge in [0.25, 0.3) is 0 Å². The fourth-order valence-corrected chi connectivity index (χ4v) is 1.77. The van der Waals surface area contributed by atoms with Crippen LogP contribution in [0, 0.1) is 0 Å². The molecule has 0 unspecified atom stereocenters. The van der Waals surface area contributed by atoms with Gasteiger partial charge in [0, 0.05) is 33.3 Å². The molecule has 1 rings (SSSR count). The highest BCUT2D eigenvalue weighted by Gasteiger charge is 1.91. The van der Waals surface area contributed by atoms with Crippen molar-refractivity contribution >= 4 is 11.3 Å². The molecule has 0 aromatic carbocycles. The third-order valence-corrected chi connectivity index (χ3v) is 2.60. The minimum absolute atomic E-state index is 0.782. The Kier molecular flexibility index (Phi) is 6.61. The maximum Gasteiger partial charge on any atom is 0.0587 e. The van der Waals surface area contributed by atoms with Crippen molar-refractivity contribution in [2.75, 3.05) is 33.4 Å². The second-order valence-electron chi connectivity index (χ2n) is 3.05. The number of hydrogen-bond acceptors (Lipinski definition) is 4. The minimum atomic E-state index is 0.782. The number of methoxy groups -OCH3 is 1. The molecular weight excluding hydrogens is 196 g/mol. The van der Waals surface area contributed by atoms with E-state index in [4.69, 9.17) is 4.74 Å². The second kappa shape index (κ2) is 7.94. The van der Waals surface area contributed by atoms with Gasteiger partial charge < -0.3 is 15.4 Å². The van der Waals surface area contributed by atoms with Gasteiger partial charge in [-0.05, 0) is 22.4 Å². The van der Waals surface area contributed by atoms with Gasteiger partial charge in [-0.2, -0.15) is 11.3 Å². The highest BCUT2D eigenvalue weighted by Crippen LogP contribution is 2.04. The second-order valence-corrected chi connectivity index (χ2v) is 3.83. The van der Waals surface area contributed by atoms with Crippen LogP contribution in [0.2, 0.25) is 0 Å². The van der Waals surface area contributed by atoms with Gasteiger partial charge in [-0.3, -0.25) is 0 Å². The Bertz CT molecular complexity index is 214. The van der Waals surface area contributed by atoms with Crippen molar-refractivity contribution in [1.82, 2.24) is 10.6 Å². The molecule has 2 N–H and O–H groups in total. The molecule has 14 heavy (non-hydrogen) atoms. The van der Waals surface area contributed by atoms with Crippen molar-refractivity contribution in [1.29, 1.82) is 0 Å². The van der Waals surface area contributed by atoms with Crippen LogP contribution in [0.5, 0.6) is 0 Å². The van der Waals surface area contributed by atoms with Gasteiger partial charge in [-0.1, -0.05) is 0 Å². The van der Waals surface area contributed by atoms with Gasteiger partial charge >= 0.3 is 0 Å². The number of nitrogens with one attached hydrogen (secondary N) is 2. The Morgan fingerprint density at radius 3 is 2.86 bits per heavy atom. The molecule has 4 heteroatoms. The third kappa shape index (κ3) is 5.34. The van der Waals surface area contributed by atoms with E-state index in [0.29, 0.717) is 0 Å². The lowest BCUT2D eigenvalue weighted by Crippen LogP contribution is -2.29. The average molecular weight is 214 g/mol. The van der Waals surface area contributed by atoms with Crippen molar-refractivity contribution in [2.24, 2.45) is 0 Å². The first kappa shape index (κ1) is 11.7. The SMILES string of the molecule is COCCNCCNCc1ccsc1. The molecule has 1 aromatic rings. The van der Waals surface area contributed by atoms with Crippen LogP contribution in [-0.2, 0) is 11.3 Å². The molecule has 1 aromatic heterocycles. The maximum absolute atomic E-state index is 4.93. The number of thiophene rings is 1. The summed E-state index contributed by atoms with van der Waals surface area (Å²) in [5, 5.41) is 10.9. The van der Waals surface area contributed by atoms with E-state index in [9.17, 15) is 0 Å². The van der Waals surface area contributed by atoms with Crippen LogP contribution in [0.3, 0.4) is 0 Å². The summed E-state index contributed by atoms with van der Waals surface area (Å²) in [6.07, 6.45) is 0. The normalized spacial score (nSPS) is 10.6. The number of ether oxygens (including phenoxy) is 1. The Morgan fingerprint density at radius 2 is 2.14 bits per heavy atom. The van der Waals surface area contributed by atoms with Crippen molar-refractivity contribution in [2.45, 2.75) is 6.54 Å². The highest BCUT2D eigenvalue weighted by atomic mass is 32.1. The van der Waals surface area contributed by atoms with Crippen molar-refractivity contribution < 1.29 is 4.74 Å². The third-order valence-electron chi connectivity index (χ3n) is 1.87. The topological polar surface area (TPSA) is 33.3 Å². The zero-order valence-corrected chi connectivity index (χ0v) is 9.40. The summed E-state index contributed by atoms with van der Waals surface area (Å²) < 4.78 is 4.93. The molecule has 3 nitrogen and oxygen atoms in total. The number of hydrogen-bond donors (Lipinski definition) is 2. The van der Waals surface area contributed by atoms with E-state index in [-0.39, 0.29) is 0 Å². The van der Waals surface area contributed by atoms with Gasteiger partial charge in [0.15, 0.2) is 0 Å². The summed E-state index contributed by atoms with van der Waals surface area (Å²) in [5.41, 5.74) is 1.37. The molecule has 0 fully saturated rings. The van der Waals surface area contributed by atoms with Crippen LogP contribution in [0.4, 0.5) is 0 Å². The van der Waals surface area contributed by atoms with Crippen molar-refractivity contribution in [3.05, 3.63) is 22.4 Å². The number of rotatable bonds is 8. The quantitative estimate of drug-likeness (QED) is 0.635. The summed E-state index contributed by atoms with van der Waals surface area (Å²) in [5.74, 6) is 0. The van der Waals surface area contributed by atoms with E-state index in [1.807, 2.05) is 0 Å². The molecule has 0 radical (unpaired) electrons. The molecule has 0 aliphatic carbocycles. The molecular formula is C10H18N2OS. The van der Waals surface area contributed by atoms with E-state index < -0.39 is 0 Å². The lowest BCUT2D eigenvalue weighted by Gasteiger charge is -2.04. The van der Waals surface area contributed by atoms with Crippen LogP contribution in [0.15, 0.2) is 16.8 Å². The highest BCUT2D eigenvalue weighted by molar-refractivity contribution is 7.07. The standard InChI is InChI=1S/C10H18N2OS/c1-13-6-5-11-3-4-12-8-10-2-7-14-9-10/h2,7,9,11-12H,3-6,8H2,1H3. The predicted molar refractivity (Wildman–Crippen MR) is 60.8 cm³/mol. The van der Waals surface area contributed by atoms with Gasteiger partial charge in [0.05, 0.1) is 6.61 Å². The molecule has 0 bridgehead atoms. The van der Waals surface area contributed by atoms with Gasteiger partial charge in [-0.15, -0.1) is 0 Å². The summed E-state index contributed by atoms with van der Waals surface area (Å²) in [6.45, 7) is 4.67. The Hall–Kier alpha value is -0.420. The first-order valence-electron chi connectivity index (χ1n) is 4.85. The van der Waals surface area contributed by atoms with E-state index in [1.54, 1.807) is 18.4 Å². The minimum Gasteiger partial charge on any atom is -0.383 e. The molecule has 80 valence electrons. The zero-order valence-electron chi connectivity index (χ0n) is 8.58. The zero-order chi connectivity index (χ0) is 10.1. The molecule has 0 atom stereocenters. The first-order valence-corrected chi connectivity index (χ1v) is 5.79. The fourth-order valence-electron chi connectivity index (χ4n) is 1.10. The Labute approximate surface area is 89.5 Å². The molecule has 0 amide bonds. The predicted octanol–water partition coefficient (Wildman–Crippen LogP) is 1.07. The van der Waals surface area contributed by atoms with Crippen LogP contribution < -0.4 is 10.6 Å². The van der Waals surface area contributed by atoms with Crippen LogP contribution in [0.1, 0.15) is 5.56 Å². The van der Waals surface area contributed by atoms with Crippen LogP contribution in [-0.4, -0.2) is 33.4 Å². The molecule has 0 saturated heterocycles. The lowest BCUT2D eigenvalue weighted by atomic mass is 10.3.